The molecule has 0 radical (unpaired) electrons. The smallest absolute Gasteiger partial charge is 0.0639 e. The van der Waals surface area contributed by atoms with E-state index < -0.39 is 0 Å². The zero-order valence-corrected chi connectivity index (χ0v) is 30.6. The van der Waals surface area contributed by atoms with Crippen molar-refractivity contribution in [2.75, 3.05) is 6.61 Å². The van der Waals surface area contributed by atoms with Crippen LogP contribution in [0.1, 0.15) is 88.5 Å². The van der Waals surface area contributed by atoms with Gasteiger partial charge in [0.2, 0.25) is 0 Å². The van der Waals surface area contributed by atoms with Crippen LogP contribution in [0.25, 0.3) is 0 Å². The maximum absolute atomic E-state index is 9.22. The first kappa shape index (κ1) is 42.1. The van der Waals surface area contributed by atoms with Crippen LogP contribution in [-0.2, 0) is 0 Å². The summed E-state index contributed by atoms with van der Waals surface area (Å²) in [5, 5.41) is 9.22. The minimum atomic E-state index is 0.106. The lowest BCUT2D eigenvalue weighted by atomic mass is 9.95. The highest BCUT2D eigenvalue weighted by Gasteiger charge is 2.03. The molecule has 46 heavy (non-hydrogen) atoms. The van der Waals surface area contributed by atoms with Gasteiger partial charge in [-0.2, -0.15) is 0 Å². The van der Waals surface area contributed by atoms with Crippen molar-refractivity contribution in [3.8, 4) is 0 Å². The van der Waals surface area contributed by atoms with Gasteiger partial charge in [-0.15, -0.1) is 0 Å². The van der Waals surface area contributed by atoms with Gasteiger partial charge >= 0.3 is 0 Å². The molecule has 0 rings (SSSR count). The first-order chi connectivity index (χ1) is 21.8. The van der Waals surface area contributed by atoms with Crippen molar-refractivity contribution in [2.24, 2.45) is 5.92 Å². The van der Waals surface area contributed by atoms with E-state index in [0.717, 1.165) is 30.4 Å². The number of aliphatic hydroxyl groups excluding tert-OH is 1. The summed E-state index contributed by atoms with van der Waals surface area (Å²) < 4.78 is 0. The summed E-state index contributed by atoms with van der Waals surface area (Å²) in [4.78, 5) is 0. The van der Waals surface area contributed by atoms with E-state index >= 15 is 0 Å². The first-order valence-corrected chi connectivity index (χ1v) is 16.5. The summed E-state index contributed by atoms with van der Waals surface area (Å²) >= 11 is 0. The average Bonchev–Trinajstić information content (AvgIpc) is 2.98. The molecule has 0 aliphatic carbocycles. The van der Waals surface area contributed by atoms with Crippen LogP contribution in [0.5, 0.6) is 0 Å². The van der Waals surface area contributed by atoms with Gasteiger partial charge in [-0.1, -0.05) is 178 Å². The molecular formula is C45H62O. The Bertz CT molecular complexity index is 1370. The van der Waals surface area contributed by atoms with Crippen LogP contribution in [0, 0.1) is 5.92 Å². The summed E-state index contributed by atoms with van der Waals surface area (Å²) in [6, 6.07) is 0. The molecule has 0 aromatic rings. The third-order valence-electron chi connectivity index (χ3n) is 7.01. The van der Waals surface area contributed by atoms with E-state index in [1.165, 1.54) is 39.0 Å². The summed E-state index contributed by atoms with van der Waals surface area (Å²) in [6.45, 7) is 25.3. The molecule has 0 spiro atoms. The molecule has 1 nitrogen and oxygen atoms in total. The topological polar surface area (TPSA) is 20.2 Å². The minimum absolute atomic E-state index is 0.106. The fraction of sp³-hybridized carbons (Fsp3) is 0.333. The van der Waals surface area contributed by atoms with Crippen LogP contribution in [0.4, 0.5) is 0 Å². The van der Waals surface area contributed by atoms with Gasteiger partial charge < -0.3 is 5.11 Å². The van der Waals surface area contributed by atoms with Crippen molar-refractivity contribution in [1.82, 2.24) is 0 Å². The zero-order valence-electron chi connectivity index (χ0n) is 30.6. The van der Waals surface area contributed by atoms with Gasteiger partial charge in [0.25, 0.3) is 0 Å². The van der Waals surface area contributed by atoms with Crippen molar-refractivity contribution in [1.29, 1.82) is 0 Å². The molecular weight excluding hydrogens is 556 g/mol. The highest BCUT2D eigenvalue weighted by Crippen LogP contribution is 2.18. The lowest BCUT2D eigenvalue weighted by Gasteiger charge is -2.10. The van der Waals surface area contributed by atoms with Gasteiger partial charge in [-0.3, -0.25) is 0 Å². The molecule has 0 amide bonds. The van der Waals surface area contributed by atoms with E-state index in [2.05, 4.69) is 190 Å². The lowest BCUT2D eigenvalue weighted by molar-refractivity contribution is 0.330. The summed E-state index contributed by atoms with van der Waals surface area (Å²) in [5.74, 6) is 0.272. The van der Waals surface area contributed by atoms with E-state index in [1.807, 2.05) is 6.92 Å². The van der Waals surface area contributed by atoms with E-state index in [4.69, 9.17) is 0 Å². The highest BCUT2D eigenvalue weighted by atomic mass is 16.3. The van der Waals surface area contributed by atoms with Gasteiger partial charge in [-0.25, -0.2) is 0 Å². The van der Waals surface area contributed by atoms with Crippen molar-refractivity contribution >= 4 is 0 Å². The lowest BCUT2D eigenvalue weighted by Crippen LogP contribution is -1.97. The highest BCUT2D eigenvalue weighted by molar-refractivity contribution is 5.33. The number of allylic oxidation sites excluding steroid dienone is 28. The fourth-order valence-corrected chi connectivity index (χ4v) is 3.89. The molecule has 0 aromatic carbocycles. The van der Waals surface area contributed by atoms with Crippen LogP contribution in [0.15, 0.2) is 178 Å². The Morgan fingerprint density at radius 1 is 0.522 bits per heavy atom. The van der Waals surface area contributed by atoms with Gasteiger partial charge in [0, 0.05) is 5.92 Å². The standard InChI is InChI=1S/C45H62O/c1-36(2)19-14-22-40(7)25-17-28-41(8)26-15-23-38(5)20-12-13-21-39(6)24-16-27-42(9)29-18-30-43(10)31-33-45(37(3)4)34-32-44(11)35-46/h12-13,15-21,23-33,45-46H,3,14,22,34-35H2,1-2,4-11H3. The van der Waals surface area contributed by atoms with Gasteiger partial charge in [0.05, 0.1) is 6.61 Å². The molecule has 0 fully saturated rings. The van der Waals surface area contributed by atoms with Crippen molar-refractivity contribution in [3.05, 3.63) is 178 Å². The summed E-state index contributed by atoms with van der Waals surface area (Å²) in [6.07, 6.45) is 45.7. The number of hydrogen-bond donors (Lipinski definition) is 1. The van der Waals surface area contributed by atoms with Crippen molar-refractivity contribution in [3.63, 3.8) is 0 Å². The molecule has 1 heteroatoms. The van der Waals surface area contributed by atoms with Gasteiger partial charge in [0.15, 0.2) is 0 Å². The van der Waals surface area contributed by atoms with Crippen molar-refractivity contribution < 1.29 is 5.11 Å². The Labute approximate surface area is 283 Å². The SMILES string of the molecule is C=C(C)C(C=CC(C)=CC=CC(C)=CC=CC(C)=CC=CC=C(C)C=CC=C(C)C=CC=C(C)CCC=C(C)C)CC=C(C)CO. The molecule has 0 aromatic heterocycles. The molecule has 248 valence electrons. The molecule has 0 aliphatic rings. The fourth-order valence-electron chi connectivity index (χ4n) is 3.89. The molecule has 0 aliphatic heterocycles. The predicted molar refractivity (Wildman–Crippen MR) is 210 cm³/mol. The zero-order chi connectivity index (χ0) is 34.7. The van der Waals surface area contributed by atoms with Crippen LogP contribution < -0.4 is 0 Å². The monoisotopic (exact) mass is 618 g/mol. The van der Waals surface area contributed by atoms with E-state index in [1.54, 1.807) is 0 Å². The molecule has 1 unspecified atom stereocenters. The third kappa shape index (κ3) is 25.4. The maximum Gasteiger partial charge on any atom is 0.0639 e. The second-order valence-electron chi connectivity index (χ2n) is 12.5. The second kappa shape index (κ2) is 26.3. The Kier molecular flexibility index (Phi) is 24.0. The molecule has 0 saturated heterocycles. The Balaban J connectivity index is 4.89. The quantitative estimate of drug-likeness (QED) is 0.113. The molecule has 0 bridgehead atoms. The third-order valence-corrected chi connectivity index (χ3v) is 7.01. The van der Waals surface area contributed by atoms with Crippen molar-refractivity contribution in [2.45, 2.75) is 88.5 Å². The molecule has 1 N–H and O–H groups in total. The van der Waals surface area contributed by atoms with Gasteiger partial charge in [0.1, 0.15) is 0 Å². The van der Waals surface area contributed by atoms with Crippen LogP contribution in [0.2, 0.25) is 0 Å². The Hall–Kier alpha value is -3.94. The second-order valence-corrected chi connectivity index (χ2v) is 12.5. The largest absolute Gasteiger partial charge is 0.392 e. The van der Waals surface area contributed by atoms with E-state index in [0.29, 0.717) is 0 Å². The molecule has 1 atom stereocenters. The summed E-state index contributed by atoms with van der Waals surface area (Å²) in [5.41, 5.74) is 10.9. The normalized spacial score (nSPS) is 16.0. The Morgan fingerprint density at radius 3 is 1.35 bits per heavy atom. The van der Waals surface area contributed by atoms with Gasteiger partial charge in [-0.05, 0) is 88.5 Å². The van der Waals surface area contributed by atoms with Crippen LogP contribution in [-0.4, -0.2) is 11.7 Å². The predicted octanol–water partition coefficient (Wildman–Crippen LogP) is 13.3. The first-order valence-electron chi connectivity index (χ1n) is 16.5. The average molecular weight is 619 g/mol. The van der Waals surface area contributed by atoms with Crippen LogP contribution in [0.3, 0.4) is 0 Å². The van der Waals surface area contributed by atoms with E-state index in [-0.39, 0.29) is 12.5 Å². The minimum Gasteiger partial charge on any atom is -0.392 e. The summed E-state index contributed by atoms with van der Waals surface area (Å²) in [7, 11) is 0. The maximum atomic E-state index is 9.22. The Morgan fingerprint density at radius 2 is 0.935 bits per heavy atom. The molecule has 0 saturated carbocycles. The number of rotatable bonds is 19. The number of aliphatic hydroxyl groups is 1. The van der Waals surface area contributed by atoms with E-state index in [9.17, 15) is 5.11 Å². The number of hydrogen-bond acceptors (Lipinski definition) is 1. The van der Waals surface area contributed by atoms with Crippen LogP contribution >= 0.6 is 0 Å². The molecule has 0 heterocycles.